The van der Waals surface area contributed by atoms with Crippen molar-refractivity contribution in [2.75, 3.05) is 6.79 Å². The highest BCUT2D eigenvalue weighted by Crippen LogP contribution is 2.38. The summed E-state index contributed by atoms with van der Waals surface area (Å²) in [4.78, 5) is 0. The van der Waals surface area contributed by atoms with Crippen LogP contribution < -0.4 is 14.0 Å². The van der Waals surface area contributed by atoms with Gasteiger partial charge in [0.25, 0.3) is 0 Å². The Morgan fingerprint density at radius 3 is 2.50 bits per heavy atom. The second-order valence-electron chi connectivity index (χ2n) is 5.00. The molecule has 20 heavy (non-hydrogen) atoms. The zero-order valence-electron chi connectivity index (χ0n) is 11.2. The molecule has 0 aliphatic carbocycles. The van der Waals surface area contributed by atoms with Crippen LogP contribution in [0.1, 0.15) is 0 Å². The van der Waals surface area contributed by atoms with E-state index in [9.17, 15) is 0 Å². The molecule has 0 bridgehead atoms. The third-order valence-corrected chi connectivity index (χ3v) is 3.60. The molecule has 0 saturated carbocycles. The molecule has 4 rings (SSSR count). The predicted octanol–water partition coefficient (Wildman–Crippen LogP) is 3.06. The van der Waals surface area contributed by atoms with Crippen LogP contribution in [-0.4, -0.2) is 6.79 Å². The van der Waals surface area contributed by atoms with Crippen LogP contribution in [0.15, 0.2) is 54.9 Å². The Balaban J connectivity index is 2.05. The van der Waals surface area contributed by atoms with E-state index in [1.165, 1.54) is 16.5 Å². The van der Waals surface area contributed by atoms with Gasteiger partial charge in [-0.25, -0.2) is 4.57 Å². The summed E-state index contributed by atoms with van der Waals surface area (Å²) in [6, 6.07) is 14.5. The molecule has 3 nitrogen and oxygen atoms in total. The maximum absolute atomic E-state index is 5.50. The van der Waals surface area contributed by atoms with Crippen molar-refractivity contribution in [1.82, 2.24) is 0 Å². The number of rotatable bonds is 1. The molecule has 0 unspecified atom stereocenters. The fraction of sp³-hybridized carbons (Fsp3) is 0.118. The second-order valence-corrected chi connectivity index (χ2v) is 5.00. The quantitative estimate of drug-likeness (QED) is 0.630. The number of aryl methyl sites for hydroxylation is 1. The first-order valence-electron chi connectivity index (χ1n) is 6.59. The number of aromatic nitrogens is 1. The Morgan fingerprint density at radius 2 is 1.70 bits per heavy atom. The number of hydrogen-bond acceptors (Lipinski definition) is 2. The van der Waals surface area contributed by atoms with Gasteiger partial charge in [-0.1, -0.05) is 30.3 Å². The van der Waals surface area contributed by atoms with Gasteiger partial charge in [-0.3, -0.25) is 0 Å². The average Bonchev–Trinajstić information content (AvgIpc) is 2.92. The number of ether oxygens (including phenoxy) is 2. The zero-order chi connectivity index (χ0) is 13.5. The summed E-state index contributed by atoms with van der Waals surface area (Å²) in [5, 5.41) is 2.33. The predicted molar refractivity (Wildman–Crippen MR) is 76.7 cm³/mol. The largest absolute Gasteiger partial charge is 0.454 e. The molecule has 1 aromatic heterocycles. The van der Waals surface area contributed by atoms with Gasteiger partial charge in [0.15, 0.2) is 23.9 Å². The van der Waals surface area contributed by atoms with Gasteiger partial charge in [0.05, 0.1) is 10.9 Å². The molecule has 3 aromatic rings. The van der Waals surface area contributed by atoms with Crippen LogP contribution in [-0.2, 0) is 7.05 Å². The molecule has 0 radical (unpaired) electrons. The van der Waals surface area contributed by atoms with Crippen molar-refractivity contribution in [1.29, 1.82) is 0 Å². The molecular weight excluding hydrogens is 250 g/mol. The minimum absolute atomic E-state index is 0.304. The van der Waals surface area contributed by atoms with Gasteiger partial charge in [0, 0.05) is 5.39 Å². The van der Waals surface area contributed by atoms with Gasteiger partial charge >= 0.3 is 0 Å². The van der Waals surface area contributed by atoms with Crippen molar-refractivity contribution in [3.8, 4) is 22.6 Å². The molecule has 0 fully saturated rings. The minimum atomic E-state index is 0.304. The minimum Gasteiger partial charge on any atom is -0.454 e. The lowest BCUT2D eigenvalue weighted by atomic mass is 10.0. The third-order valence-electron chi connectivity index (χ3n) is 3.60. The molecule has 1 aliphatic heterocycles. The van der Waals surface area contributed by atoms with E-state index in [0.29, 0.717) is 6.79 Å². The highest BCUT2D eigenvalue weighted by molar-refractivity contribution is 5.97. The molecule has 1 aliphatic rings. The van der Waals surface area contributed by atoms with Gasteiger partial charge < -0.3 is 9.47 Å². The summed E-state index contributed by atoms with van der Waals surface area (Å²) in [7, 11) is 2.04. The Bertz CT molecular complexity index is 797. The number of fused-ring (bicyclic) bond motifs is 2. The lowest BCUT2D eigenvalue weighted by Gasteiger charge is -2.06. The van der Waals surface area contributed by atoms with E-state index in [0.717, 1.165) is 16.9 Å². The van der Waals surface area contributed by atoms with Crippen LogP contribution >= 0.6 is 0 Å². The van der Waals surface area contributed by atoms with Crippen LogP contribution in [0.3, 0.4) is 0 Å². The van der Waals surface area contributed by atoms with Gasteiger partial charge in [-0.2, -0.15) is 0 Å². The van der Waals surface area contributed by atoms with Gasteiger partial charge in [-0.05, 0) is 17.7 Å². The van der Waals surface area contributed by atoms with E-state index in [4.69, 9.17) is 9.47 Å². The fourth-order valence-corrected chi connectivity index (χ4v) is 2.68. The number of nitrogens with zero attached hydrogens (tertiary/aromatic N) is 1. The third kappa shape index (κ3) is 1.71. The lowest BCUT2D eigenvalue weighted by molar-refractivity contribution is -0.669. The normalized spacial score (nSPS) is 12.8. The van der Waals surface area contributed by atoms with Crippen LogP contribution in [0, 0.1) is 0 Å². The van der Waals surface area contributed by atoms with E-state index in [-0.39, 0.29) is 0 Å². The summed E-state index contributed by atoms with van der Waals surface area (Å²) >= 11 is 0. The number of benzene rings is 2. The molecular formula is C17H14NO2+. The molecule has 2 heterocycles. The van der Waals surface area contributed by atoms with Crippen molar-refractivity contribution in [2.45, 2.75) is 0 Å². The molecule has 3 heteroatoms. The molecule has 98 valence electrons. The Labute approximate surface area is 117 Å². The van der Waals surface area contributed by atoms with Crippen LogP contribution in [0.25, 0.3) is 21.9 Å². The highest BCUT2D eigenvalue weighted by atomic mass is 16.7. The Kier molecular flexibility index (Phi) is 2.39. The summed E-state index contributed by atoms with van der Waals surface area (Å²) in [6.07, 6.45) is 4.24. The van der Waals surface area contributed by atoms with E-state index < -0.39 is 0 Å². The first-order chi connectivity index (χ1) is 9.81. The summed E-state index contributed by atoms with van der Waals surface area (Å²) in [5.41, 5.74) is 2.40. The van der Waals surface area contributed by atoms with Crippen molar-refractivity contribution >= 4 is 10.8 Å². The smallest absolute Gasteiger partial charge is 0.231 e. The zero-order valence-corrected chi connectivity index (χ0v) is 11.2. The first-order valence-corrected chi connectivity index (χ1v) is 6.59. The first kappa shape index (κ1) is 11.3. The van der Waals surface area contributed by atoms with E-state index in [1.54, 1.807) is 0 Å². The summed E-state index contributed by atoms with van der Waals surface area (Å²) < 4.78 is 13.0. The van der Waals surface area contributed by atoms with Gasteiger partial charge in [0.2, 0.25) is 6.79 Å². The molecule has 2 aromatic carbocycles. The topological polar surface area (TPSA) is 22.3 Å². The van der Waals surface area contributed by atoms with Gasteiger partial charge in [-0.15, -0.1) is 0 Å². The maximum Gasteiger partial charge on any atom is 0.231 e. The molecule has 0 atom stereocenters. The SMILES string of the molecule is C[n+]1cc(-c2ccccc2)c2cc3c(cc2c1)OCO3. The van der Waals surface area contributed by atoms with Crippen molar-refractivity contribution in [3.05, 3.63) is 54.9 Å². The maximum atomic E-state index is 5.50. The van der Waals surface area contributed by atoms with Crippen LogP contribution in [0.4, 0.5) is 0 Å². The van der Waals surface area contributed by atoms with E-state index in [2.05, 4.69) is 47.3 Å². The van der Waals surface area contributed by atoms with Crippen LogP contribution in [0.5, 0.6) is 11.5 Å². The van der Waals surface area contributed by atoms with Crippen molar-refractivity contribution in [3.63, 3.8) is 0 Å². The monoisotopic (exact) mass is 264 g/mol. The standard InChI is InChI=1S/C17H14NO2/c1-18-9-13-7-16-17(20-11-19-16)8-14(13)15(10-18)12-5-3-2-4-6-12/h2-10H,11H2,1H3/q+1. The van der Waals surface area contributed by atoms with E-state index >= 15 is 0 Å². The fourth-order valence-electron chi connectivity index (χ4n) is 2.68. The summed E-state index contributed by atoms with van der Waals surface area (Å²) in [5.74, 6) is 1.64. The number of hydrogen-bond donors (Lipinski definition) is 0. The molecule has 0 amide bonds. The Hall–Kier alpha value is -2.55. The molecule has 0 spiro atoms. The van der Waals surface area contributed by atoms with Crippen molar-refractivity contribution in [2.24, 2.45) is 7.05 Å². The van der Waals surface area contributed by atoms with Gasteiger partial charge in [0.1, 0.15) is 7.05 Å². The number of pyridine rings is 1. The molecule has 0 saturated heterocycles. The average molecular weight is 264 g/mol. The second kappa shape index (κ2) is 4.23. The molecule has 0 N–H and O–H groups in total. The highest BCUT2D eigenvalue weighted by Gasteiger charge is 2.18. The van der Waals surface area contributed by atoms with E-state index in [1.807, 2.05) is 19.2 Å². The summed E-state index contributed by atoms with van der Waals surface area (Å²) in [6.45, 7) is 0.304. The lowest BCUT2D eigenvalue weighted by Crippen LogP contribution is -2.26. The van der Waals surface area contributed by atoms with Crippen LogP contribution in [0.2, 0.25) is 0 Å². The Morgan fingerprint density at radius 1 is 0.950 bits per heavy atom. The van der Waals surface area contributed by atoms with Crippen molar-refractivity contribution < 1.29 is 14.0 Å².